The summed E-state index contributed by atoms with van der Waals surface area (Å²) >= 11 is 0. The first-order valence-corrected chi connectivity index (χ1v) is 5.96. The molecule has 2 saturated heterocycles. The molecule has 0 aromatic heterocycles. The molecule has 2 bridgehead atoms. The van der Waals surface area contributed by atoms with Gasteiger partial charge in [0.05, 0.1) is 0 Å². The Balaban J connectivity index is 2.08. The molecule has 3 rings (SSSR count). The molecule has 14 heavy (non-hydrogen) atoms. The van der Waals surface area contributed by atoms with Gasteiger partial charge in [0.2, 0.25) is 0 Å². The highest BCUT2D eigenvalue weighted by molar-refractivity contribution is 4.99. The van der Waals surface area contributed by atoms with Crippen molar-refractivity contribution >= 4 is 0 Å². The molecule has 0 amide bonds. The summed E-state index contributed by atoms with van der Waals surface area (Å²) in [6.45, 7) is 8.35. The molecule has 3 unspecified atom stereocenters. The minimum absolute atomic E-state index is 0.363. The van der Waals surface area contributed by atoms with Gasteiger partial charge < -0.3 is 5.32 Å². The van der Waals surface area contributed by atoms with Gasteiger partial charge in [-0.1, -0.05) is 0 Å². The first-order chi connectivity index (χ1) is 6.52. The normalized spacial score (nSPS) is 39.0. The van der Waals surface area contributed by atoms with Crippen molar-refractivity contribution in [2.24, 2.45) is 5.92 Å². The number of hydrogen-bond donors (Lipinski definition) is 1. The number of fused-ring (bicyclic) bond motifs is 3. The Morgan fingerprint density at radius 3 is 2.36 bits per heavy atom. The van der Waals surface area contributed by atoms with Crippen LogP contribution in [0.5, 0.6) is 0 Å². The zero-order valence-electron chi connectivity index (χ0n) is 10.0. The summed E-state index contributed by atoms with van der Waals surface area (Å²) in [5, 5.41) is 3.48. The van der Waals surface area contributed by atoms with Crippen molar-refractivity contribution in [2.45, 2.75) is 57.7 Å². The number of piperidine rings is 2. The zero-order chi connectivity index (χ0) is 10.3. The second-order valence-corrected chi connectivity index (χ2v) is 5.95. The quantitative estimate of drug-likeness (QED) is 0.688. The van der Waals surface area contributed by atoms with Gasteiger partial charge in [-0.15, -0.1) is 0 Å². The molecule has 0 aromatic carbocycles. The molecular formula is C12H24N2. The highest BCUT2D eigenvalue weighted by atomic mass is 15.2. The summed E-state index contributed by atoms with van der Waals surface area (Å²) in [5.74, 6) is 0.893. The van der Waals surface area contributed by atoms with E-state index in [1.165, 1.54) is 25.8 Å². The van der Waals surface area contributed by atoms with Crippen LogP contribution in [0.15, 0.2) is 0 Å². The fourth-order valence-corrected chi connectivity index (χ4v) is 3.29. The molecular weight excluding hydrogens is 172 g/mol. The van der Waals surface area contributed by atoms with Crippen molar-refractivity contribution in [2.75, 3.05) is 13.6 Å². The second kappa shape index (κ2) is 3.49. The molecule has 82 valence electrons. The van der Waals surface area contributed by atoms with Gasteiger partial charge in [-0.2, -0.15) is 0 Å². The van der Waals surface area contributed by atoms with E-state index in [0.717, 1.165) is 18.0 Å². The van der Waals surface area contributed by atoms with E-state index in [1.807, 2.05) is 0 Å². The maximum atomic E-state index is 3.48. The topological polar surface area (TPSA) is 15.3 Å². The van der Waals surface area contributed by atoms with Gasteiger partial charge in [0.15, 0.2) is 0 Å². The summed E-state index contributed by atoms with van der Waals surface area (Å²) in [5.41, 5.74) is 0.363. The van der Waals surface area contributed by atoms with E-state index in [2.05, 4.69) is 38.0 Å². The molecule has 2 aliphatic heterocycles. The smallest absolute Gasteiger partial charge is 0.0128 e. The maximum Gasteiger partial charge on any atom is 0.0128 e. The molecule has 2 nitrogen and oxygen atoms in total. The molecule has 3 atom stereocenters. The highest BCUT2D eigenvalue weighted by Crippen LogP contribution is 2.38. The Morgan fingerprint density at radius 1 is 1.21 bits per heavy atom. The van der Waals surface area contributed by atoms with Crippen LogP contribution in [-0.2, 0) is 0 Å². The lowest BCUT2D eigenvalue weighted by molar-refractivity contribution is -0.0323. The Hall–Kier alpha value is -0.0800. The predicted octanol–water partition coefficient (Wildman–Crippen LogP) is 1.86. The third-order valence-electron chi connectivity index (χ3n) is 4.07. The lowest BCUT2D eigenvalue weighted by Crippen LogP contribution is -2.62. The Bertz CT molecular complexity index is 207. The van der Waals surface area contributed by atoms with Crippen molar-refractivity contribution in [3.8, 4) is 0 Å². The van der Waals surface area contributed by atoms with Gasteiger partial charge in [0.1, 0.15) is 0 Å². The van der Waals surface area contributed by atoms with Gasteiger partial charge in [-0.25, -0.2) is 0 Å². The number of hydrogen-bond acceptors (Lipinski definition) is 2. The maximum absolute atomic E-state index is 3.48. The Kier molecular flexibility index (Phi) is 2.61. The summed E-state index contributed by atoms with van der Waals surface area (Å²) in [6, 6.07) is 1.62. The molecule has 2 heterocycles. The summed E-state index contributed by atoms with van der Waals surface area (Å²) in [6.07, 6.45) is 4.21. The van der Waals surface area contributed by atoms with Crippen LogP contribution in [0.1, 0.15) is 40.0 Å². The molecule has 3 aliphatic rings. The Morgan fingerprint density at radius 2 is 1.93 bits per heavy atom. The standard InChI is InChI=1S/C12H24N2/c1-12(2,3)14-8-9-5-6-10(14)7-11(9)13-4/h9-11,13H,5-8H2,1-4H3. The predicted molar refractivity (Wildman–Crippen MR) is 60.4 cm³/mol. The third kappa shape index (κ3) is 1.70. The third-order valence-corrected chi connectivity index (χ3v) is 4.07. The summed E-state index contributed by atoms with van der Waals surface area (Å²) < 4.78 is 0. The van der Waals surface area contributed by atoms with E-state index in [9.17, 15) is 0 Å². The zero-order valence-corrected chi connectivity index (χ0v) is 10.0. The molecule has 1 saturated carbocycles. The number of nitrogens with one attached hydrogen (secondary N) is 1. The first kappa shape index (κ1) is 10.4. The van der Waals surface area contributed by atoms with Gasteiger partial charge in [-0.3, -0.25) is 4.90 Å². The molecule has 1 N–H and O–H groups in total. The van der Waals surface area contributed by atoms with Crippen molar-refractivity contribution in [1.82, 2.24) is 10.2 Å². The van der Waals surface area contributed by atoms with Gasteiger partial charge in [0.25, 0.3) is 0 Å². The van der Waals surface area contributed by atoms with Crippen LogP contribution in [0.2, 0.25) is 0 Å². The van der Waals surface area contributed by atoms with Crippen LogP contribution >= 0.6 is 0 Å². The monoisotopic (exact) mass is 196 g/mol. The van der Waals surface area contributed by atoms with Crippen LogP contribution in [0.25, 0.3) is 0 Å². The molecule has 0 aromatic rings. The SMILES string of the molecule is CNC1CC2CCC1CN2C(C)(C)C. The van der Waals surface area contributed by atoms with E-state index in [0.29, 0.717) is 5.54 Å². The van der Waals surface area contributed by atoms with E-state index in [1.54, 1.807) is 0 Å². The molecule has 1 aliphatic carbocycles. The van der Waals surface area contributed by atoms with Crippen molar-refractivity contribution < 1.29 is 0 Å². The van der Waals surface area contributed by atoms with E-state index >= 15 is 0 Å². The fourth-order valence-electron chi connectivity index (χ4n) is 3.29. The summed E-state index contributed by atoms with van der Waals surface area (Å²) in [4.78, 5) is 2.72. The average Bonchev–Trinajstić information content (AvgIpc) is 2.17. The second-order valence-electron chi connectivity index (χ2n) is 5.95. The molecule has 0 spiro atoms. The van der Waals surface area contributed by atoms with Gasteiger partial charge in [0, 0.05) is 24.2 Å². The van der Waals surface area contributed by atoms with E-state index in [4.69, 9.17) is 0 Å². The van der Waals surface area contributed by atoms with Crippen molar-refractivity contribution in [1.29, 1.82) is 0 Å². The Labute approximate surface area is 88.1 Å². The van der Waals surface area contributed by atoms with E-state index in [-0.39, 0.29) is 0 Å². The first-order valence-electron chi connectivity index (χ1n) is 5.96. The lowest BCUT2D eigenvalue weighted by atomic mass is 9.74. The minimum atomic E-state index is 0.363. The fraction of sp³-hybridized carbons (Fsp3) is 1.00. The highest BCUT2D eigenvalue weighted by Gasteiger charge is 2.43. The van der Waals surface area contributed by atoms with Crippen LogP contribution in [-0.4, -0.2) is 36.1 Å². The number of rotatable bonds is 1. The molecule has 3 fully saturated rings. The van der Waals surface area contributed by atoms with E-state index < -0.39 is 0 Å². The van der Waals surface area contributed by atoms with Crippen LogP contribution in [0.3, 0.4) is 0 Å². The molecule has 0 radical (unpaired) electrons. The summed E-state index contributed by atoms with van der Waals surface area (Å²) in [7, 11) is 2.12. The van der Waals surface area contributed by atoms with Crippen LogP contribution in [0.4, 0.5) is 0 Å². The minimum Gasteiger partial charge on any atom is -0.317 e. The van der Waals surface area contributed by atoms with Gasteiger partial charge in [-0.05, 0) is 53.0 Å². The van der Waals surface area contributed by atoms with Crippen molar-refractivity contribution in [3.63, 3.8) is 0 Å². The molecule has 2 heteroatoms. The van der Waals surface area contributed by atoms with Crippen LogP contribution in [0, 0.1) is 5.92 Å². The van der Waals surface area contributed by atoms with Crippen LogP contribution < -0.4 is 5.32 Å². The largest absolute Gasteiger partial charge is 0.317 e. The number of nitrogens with zero attached hydrogens (tertiary/aromatic N) is 1. The average molecular weight is 196 g/mol. The van der Waals surface area contributed by atoms with Gasteiger partial charge >= 0.3 is 0 Å². The van der Waals surface area contributed by atoms with Crippen molar-refractivity contribution in [3.05, 3.63) is 0 Å². The lowest BCUT2D eigenvalue weighted by Gasteiger charge is -2.54.